The molecule has 0 saturated carbocycles. The van der Waals surface area contributed by atoms with Crippen molar-refractivity contribution in [1.29, 1.82) is 0 Å². The number of carboxylic acids is 2. The van der Waals surface area contributed by atoms with Crippen LogP contribution in [0.15, 0.2) is 12.2 Å². The van der Waals surface area contributed by atoms with Crippen LogP contribution in [0.1, 0.15) is 6.42 Å². The summed E-state index contributed by atoms with van der Waals surface area (Å²) >= 11 is 0. The number of hydrogen-bond donors (Lipinski definition) is 8. The summed E-state index contributed by atoms with van der Waals surface area (Å²) in [5.41, 5.74) is -0.303. The van der Waals surface area contributed by atoms with Gasteiger partial charge in [-0.05, 0) is 0 Å². The molecule has 0 unspecified atom stereocenters. The lowest BCUT2D eigenvalue weighted by Crippen LogP contribution is -2.21. The third kappa shape index (κ3) is 33.3. The molecule has 23 heavy (non-hydrogen) atoms. The quantitative estimate of drug-likeness (QED) is 0.145. The van der Waals surface area contributed by atoms with Crippen LogP contribution in [0.2, 0.25) is 0 Å². The van der Waals surface area contributed by atoms with Crippen molar-refractivity contribution < 1.29 is 40.2 Å². The van der Waals surface area contributed by atoms with Crippen LogP contribution in [0, 0.1) is 0 Å². The summed E-state index contributed by atoms with van der Waals surface area (Å²) in [6, 6.07) is 0. The minimum absolute atomic E-state index is 0.139. The van der Waals surface area contributed by atoms with Crippen molar-refractivity contribution in [2.24, 2.45) is 0 Å². The van der Waals surface area contributed by atoms with Crippen LogP contribution in [-0.4, -0.2) is 95.2 Å². The summed E-state index contributed by atoms with van der Waals surface area (Å²) in [7, 11) is 0. The SMILES string of the molecule is C=C(CC(=O)O)C(=O)O.OCCNCCO.OCCNCCO. The lowest BCUT2D eigenvalue weighted by Gasteiger charge is -1.94. The molecule has 138 valence electrons. The normalized spacial score (nSPS) is 9.04. The Bertz CT molecular complexity index is 282. The largest absolute Gasteiger partial charge is 0.481 e. The van der Waals surface area contributed by atoms with Gasteiger partial charge in [0.05, 0.1) is 32.8 Å². The number of rotatable bonds is 11. The summed E-state index contributed by atoms with van der Waals surface area (Å²) in [6.45, 7) is 5.85. The Labute approximate surface area is 135 Å². The van der Waals surface area contributed by atoms with Crippen LogP contribution in [0.5, 0.6) is 0 Å². The van der Waals surface area contributed by atoms with Gasteiger partial charge in [0, 0.05) is 31.8 Å². The maximum atomic E-state index is 9.87. The highest BCUT2D eigenvalue weighted by molar-refractivity contribution is 5.91. The molecule has 0 aromatic rings. The van der Waals surface area contributed by atoms with Gasteiger partial charge in [-0.3, -0.25) is 4.79 Å². The fourth-order valence-electron chi connectivity index (χ4n) is 0.824. The third-order valence-corrected chi connectivity index (χ3v) is 1.82. The lowest BCUT2D eigenvalue weighted by molar-refractivity contribution is -0.139. The third-order valence-electron chi connectivity index (χ3n) is 1.82. The molecule has 0 rings (SSSR count). The molecule has 0 amide bonds. The van der Waals surface area contributed by atoms with E-state index in [0.29, 0.717) is 26.2 Å². The minimum atomic E-state index is -1.27. The second kappa shape index (κ2) is 22.7. The number of aliphatic carboxylic acids is 2. The molecular weight excluding hydrogens is 312 g/mol. The first-order chi connectivity index (χ1) is 10.9. The van der Waals surface area contributed by atoms with Gasteiger partial charge >= 0.3 is 11.9 Å². The molecule has 0 fully saturated rings. The van der Waals surface area contributed by atoms with Crippen LogP contribution >= 0.6 is 0 Å². The zero-order valence-electron chi connectivity index (χ0n) is 13.1. The van der Waals surface area contributed by atoms with E-state index in [2.05, 4.69) is 17.2 Å². The van der Waals surface area contributed by atoms with Gasteiger partial charge in [-0.15, -0.1) is 0 Å². The monoisotopic (exact) mass is 340 g/mol. The Morgan fingerprint density at radius 3 is 1.17 bits per heavy atom. The Morgan fingerprint density at radius 1 is 0.739 bits per heavy atom. The van der Waals surface area contributed by atoms with Crippen molar-refractivity contribution in [2.45, 2.75) is 6.42 Å². The molecule has 0 aromatic heterocycles. The first kappa shape index (κ1) is 26.3. The summed E-state index contributed by atoms with van der Waals surface area (Å²) in [4.78, 5) is 19.7. The molecule has 0 aliphatic carbocycles. The van der Waals surface area contributed by atoms with Gasteiger partial charge in [-0.25, -0.2) is 4.79 Å². The Kier molecular flexibility index (Phi) is 26.0. The zero-order valence-corrected chi connectivity index (χ0v) is 13.1. The molecule has 0 bridgehead atoms. The summed E-state index contributed by atoms with van der Waals surface area (Å²) in [5, 5.41) is 54.2. The molecule has 8 N–H and O–H groups in total. The van der Waals surface area contributed by atoms with E-state index < -0.39 is 18.4 Å². The van der Waals surface area contributed by atoms with Gasteiger partial charge < -0.3 is 41.3 Å². The fourth-order valence-corrected chi connectivity index (χ4v) is 0.824. The van der Waals surface area contributed by atoms with E-state index in [-0.39, 0.29) is 32.0 Å². The fraction of sp³-hybridized carbons (Fsp3) is 0.692. The van der Waals surface area contributed by atoms with Crippen molar-refractivity contribution in [3.8, 4) is 0 Å². The van der Waals surface area contributed by atoms with Crippen LogP contribution < -0.4 is 10.6 Å². The topological polar surface area (TPSA) is 180 Å². The molecule has 0 aromatic carbocycles. The van der Waals surface area contributed by atoms with Crippen LogP contribution in [0.25, 0.3) is 0 Å². The van der Waals surface area contributed by atoms with E-state index in [4.69, 9.17) is 30.6 Å². The van der Waals surface area contributed by atoms with Gasteiger partial charge in [0.2, 0.25) is 0 Å². The summed E-state index contributed by atoms with van der Waals surface area (Å²) in [6.07, 6.45) is -0.505. The molecule has 10 heteroatoms. The molecule has 0 spiro atoms. The highest BCUT2D eigenvalue weighted by atomic mass is 16.4. The Morgan fingerprint density at radius 2 is 1.04 bits per heavy atom. The Balaban J connectivity index is -0.000000264. The molecule has 0 aliphatic rings. The van der Waals surface area contributed by atoms with E-state index in [1.165, 1.54) is 0 Å². The summed E-state index contributed by atoms with van der Waals surface area (Å²) < 4.78 is 0. The summed E-state index contributed by atoms with van der Waals surface area (Å²) in [5.74, 6) is -2.44. The molecule has 0 heterocycles. The number of nitrogens with one attached hydrogen (secondary N) is 2. The van der Waals surface area contributed by atoms with Crippen molar-refractivity contribution >= 4 is 11.9 Å². The maximum absolute atomic E-state index is 9.87. The second-order valence-corrected chi connectivity index (χ2v) is 3.87. The number of aliphatic hydroxyl groups is 4. The molecule has 10 nitrogen and oxygen atoms in total. The predicted molar refractivity (Wildman–Crippen MR) is 83.1 cm³/mol. The molecule has 0 atom stereocenters. The van der Waals surface area contributed by atoms with E-state index in [1.54, 1.807) is 0 Å². The van der Waals surface area contributed by atoms with Gasteiger partial charge in [-0.1, -0.05) is 6.58 Å². The van der Waals surface area contributed by atoms with Crippen molar-refractivity contribution in [3.63, 3.8) is 0 Å². The molecule has 0 aliphatic heterocycles. The smallest absolute Gasteiger partial charge is 0.331 e. The lowest BCUT2D eigenvalue weighted by atomic mass is 10.2. The number of carboxylic acid groups (broad SMARTS) is 2. The van der Waals surface area contributed by atoms with E-state index in [9.17, 15) is 9.59 Å². The average molecular weight is 340 g/mol. The maximum Gasteiger partial charge on any atom is 0.331 e. The Hall–Kier alpha value is -1.56. The van der Waals surface area contributed by atoms with Crippen molar-refractivity contribution in [1.82, 2.24) is 10.6 Å². The van der Waals surface area contributed by atoms with E-state index >= 15 is 0 Å². The zero-order chi connectivity index (χ0) is 18.5. The molecule has 0 saturated heterocycles. The van der Waals surface area contributed by atoms with Gasteiger partial charge in [0.25, 0.3) is 0 Å². The van der Waals surface area contributed by atoms with E-state index in [0.717, 1.165) is 0 Å². The van der Waals surface area contributed by atoms with E-state index in [1.807, 2.05) is 0 Å². The second-order valence-electron chi connectivity index (χ2n) is 3.87. The van der Waals surface area contributed by atoms with Crippen LogP contribution in [0.4, 0.5) is 0 Å². The predicted octanol–water partition coefficient (Wildman–Crippen LogP) is -2.78. The number of aliphatic hydroxyl groups excluding tert-OH is 4. The van der Waals surface area contributed by atoms with Crippen LogP contribution in [0.3, 0.4) is 0 Å². The number of carbonyl (C=O) groups is 2. The van der Waals surface area contributed by atoms with Gasteiger partial charge in [-0.2, -0.15) is 0 Å². The minimum Gasteiger partial charge on any atom is -0.481 e. The van der Waals surface area contributed by atoms with Gasteiger partial charge in [0.15, 0.2) is 0 Å². The average Bonchev–Trinajstić information content (AvgIpc) is 2.49. The highest BCUT2D eigenvalue weighted by Gasteiger charge is 2.07. The first-order valence-corrected chi connectivity index (χ1v) is 6.85. The first-order valence-electron chi connectivity index (χ1n) is 6.85. The van der Waals surface area contributed by atoms with Crippen molar-refractivity contribution in [3.05, 3.63) is 12.2 Å². The van der Waals surface area contributed by atoms with Crippen molar-refractivity contribution in [2.75, 3.05) is 52.6 Å². The molecule has 0 radical (unpaired) electrons. The molecular formula is C13H28N2O8. The van der Waals surface area contributed by atoms with Gasteiger partial charge in [0.1, 0.15) is 0 Å². The number of hydrogen-bond acceptors (Lipinski definition) is 8. The standard InChI is InChI=1S/C5H6O4.2C4H11NO2/c1-3(5(8)9)2-4(6)7;2*6-3-1-5-2-4-7/h1-2H2,(H,6,7)(H,8,9);2*5-7H,1-4H2. The highest BCUT2D eigenvalue weighted by Crippen LogP contribution is 1.95. The van der Waals surface area contributed by atoms with Crippen LogP contribution in [-0.2, 0) is 9.59 Å².